The van der Waals surface area contributed by atoms with E-state index in [1.807, 2.05) is 60.7 Å². The van der Waals surface area contributed by atoms with Crippen molar-refractivity contribution in [3.8, 4) is 28.4 Å². The Morgan fingerprint density at radius 3 is 2.33 bits per heavy atom. The zero-order chi connectivity index (χ0) is 20.9. The summed E-state index contributed by atoms with van der Waals surface area (Å²) in [4.78, 5) is 19.8. The number of rotatable bonds is 6. The number of anilines is 2. The molecule has 1 aromatic heterocycles. The Hall–Kier alpha value is -4.26. The molecule has 1 N–H and O–H groups in total. The summed E-state index contributed by atoms with van der Waals surface area (Å²) in [7, 11) is 1.62. The molecule has 1 heterocycles. The maximum Gasteiger partial charge on any atom is 0.269 e. The van der Waals surface area contributed by atoms with Crippen LogP contribution in [-0.2, 0) is 0 Å². The molecule has 0 radical (unpaired) electrons. The van der Waals surface area contributed by atoms with Crippen molar-refractivity contribution < 1.29 is 9.66 Å². The van der Waals surface area contributed by atoms with Gasteiger partial charge < -0.3 is 10.1 Å². The summed E-state index contributed by atoms with van der Waals surface area (Å²) in [5, 5.41) is 14.2. The standard InChI is InChI=1S/C23H18N4O3/c1-30-20-9-5-8-18(14-20)24-22-15-21(16-6-3-2-4-7-16)25-23(26-22)17-10-12-19(13-11-17)27(28)29/h2-15H,1H3,(H,24,25,26). The lowest BCUT2D eigenvalue weighted by Crippen LogP contribution is -2.00. The van der Waals surface area contributed by atoms with Crippen molar-refractivity contribution in [3.05, 3.63) is 95.0 Å². The van der Waals surface area contributed by atoms with Gasteiger partial charge in [0.15, 0.2) is 5.82 Å². The number of nitro benzene ring substituents is 1. The predicted molar refractivity (Wildman–Crippen MR) is 116 cm³/mol. The van der Waals surface area contributed by atoms with Gasteiger partial charge in [-0.3, -0.25) is 10.1 Å². The van der Waals surface area contributed by atoms with Crippen LogP contribution in [0.3, 0.4) is 0 Å². The normalized spacial score (nSPS) is 10.4. The number of nitro groups is 1. The highest BCUT2D eigenvalue weighted by atomic mass is 16.6. The number of nitrogens with zero attached hydrogens (tertiary/aromatic N) is 3. The van der Waals surface area contributed by atoms with E-state index >= 15 is 0 Å². The van der Waals surface area contributed by atoms with E-state index in [9.17, 15) is 10.1 Å². The molecule has 148 valence electrons. The Morgan fingerprint density at radius 2 is 1.63 bits per heavy atom. The second-order valence-corrected chi connectivity index (χ2v) is 6.49. The van der Waals surface area contributed by atoms with Gasteiger partial charge in [-0.2, -0.15) is 0 Å². The van der Waals surface area contributed by atoms with Crippen LogP contribution in [0.5, 0.6) is 5.75 Å². The van der Waals surface area contributed by atoms with Gasteiger partial charge in [-0.1, -0.05) is 36.4 Å². The zero-order valence-corrected chi connectivity index (χ0v) is 16.1. The number of ether oxygens (including phenoxy) is 1. The van der Waals surface area contributed by atoms with Gasteiger partial charge in [0.1, 0.15) is 11.6 Å². The maximum atomic E-state index is 11.0. The van der Waals surface area contributed by atoms with E-state index in [0.29, 0.717) is 17.2 Å². The van der Waals surface area contributed by atoms with E-state index in [4.69, 9.17) is 4.74 Å². The minimum absolute atomic E-state index is 0.0210. The minimum atomic E-state index is -0.430. The Balaban J connectivity index is 1.77. The minimum Gasteiger partial charge on any atom is -0.497 e. The third-order valence-electron chi connectivity index (χ3n) is 4.47. The zero-order valence-electron chi connectivity index (χ0n) is 16.1. The summed E-state index contributed by atoms with van der Waals surface area (Å²) < 4.78 is 5.28. The van der Waals surface area contributed by atoms with Crippen LogP contribution in [0.4, 0.5) is 17.2 Å². The molecule has 4 rings (SSSR count). The van der Waals surface area contributed by atoms with Crippen LogP contribution in [-0.4, -0.2) is 22.0 Å². The van der Waals surface area contributed by atoms with E-state index < -0.39 is 4.92 Å². The van der Waals surface area contributed by atoms with Crippen molar-refractivity contribution in [3.63, 3.8) is 0 Å². The summed E-state index contributed by atoms with van der Waals surface area (Å²) in [6.07, 6.45) is 0. The molecule has 0 aliphatic heterocycles. The lowest BCUT2D eigenvalue weighted by atomic mass is 10.1. The first-order chi connectivity index (χ1) is 14.6. The average molecular weight is 398 g/mol. The highest BCUT2D eigenvalue weighted by Gasteiger charge is 2.11. The summed E-state index contributed by atoms with van der Waals surface area (Å²) in [5.74, 6) is 1.80. The second-order valence-electron chi connectivity index (χ2n) is 6.49. The van der Waals surface area contributed by atoms with Gasteiger partial charge in [0.05, 0.1) is 17.7 Å². The molecule has 0 saturated heterocycles. The third-order valence-corrected chi connectivity index (χ3v) is 4.47. The number of methoxy groups -OCH3 is 1. The Labute approximate surface area is 173 Å². The van der Waals surface area contributed by atoms with Crippen LogP contribution in [0, 0.1) is 10.1 Å². The van der Waals surface area contributed by atoms with Gasteiger partial charge >= 0.3 is 0 Å². The lowest BCUT2D eigenvalue weighted by Gasteiger charge is -2.11. The van der Waals surface area contributed by atoms with E-state index in [0.717, 1.165) is 22.7 Å². The molecule has 0 aliphatic carbocycles. The van der Waals surface area contributed by atoms with Crippen LogP contribution in [0.2, 0.25) is 0 Å². The Kier molecular flexibility index (Phi) is 5.34. The number of benzene rings is 3. The summed E-state index contributed by atoms with van der Waals surface area (Å²) in [6.45, 7) is 0. The van der Waals surface area contributed by atoms with Crippen LogP contribution >= 0.6 is 0 Å². The van der Waals surface area contributed by atoms with E-state index in [2.05, 4.69) is 15.3 Å². The van der Waals surface area contributed by atoms with Crippen LogP contribution in [0.1, 0.15) is 0 Å². The monoisotopic (exact) mass is 398 g/mol. The molecule has 0 bridgehead atoms. The van der Waals surface area contributed by atoms with Crippen molar-refractivity contribution in [1.82, 2.24) is 9.97 Å². The van der Waals surface area contributed by atoms with Gasteiger partial charge in [0, 0.05) is 41.1 Å². The Morgan fingerprint density at radius 1 is 0.867 bits per heavy atom. The number of nitrogens with one attached hydrogen (secondary N) is 1. The number of aromatic nitrogens is 2. The van der Waals surface area contributed by atoms with Crippen LogP contribution < -0.4 is 10.1 Å². The number of hydrogen-bond donors (Lipinski definition) is 1. The SMILES string of the molecule is COc1cccc(Nc2cc(-c3ccccc3)nc(-c3ccc([N+](=O)[O-])cc3)n2)c1. The summed E-state index contributed by atoms with van der Waals surface area (Å²) in [6, 6.07) is 25.4. The molecular formula is C23H18N4O3. The van der Waals surface area contributed by atoms with Gasteiger partial charge in [-0.25, -0.2) is 9.97 Å². The molecule has 0 amide bonds. The highest BCUT2D eigenvalue weighted by molar-refractivity contribution is 5.70. The van der Waals surface area contributed by atoms with E-state index in [1.54, 1.807) is 19.2 Å². The largest absolute Gasteiger partial charge is 0.497 e. The van der Waals surface area contributed by atoms with Crippen molar-refractivity contribution >= 4 is 17.2 Å². The quantitative estimate of drug-likeness (QED) is 0.342. The van der Waals surface area contributed by atoms with Gasteiger partial charge in [-0.15, -0.1) is 0 Å². The summed E-state index contributed by atoms with van der Waals surface area (Å²) >= 11 is 0. The number of non-ortho nitro benzene ring substituents is 1. The molecule has 4 aromatic rings. The molecule has 0 atom stereocenters. The van der Waals surface area contributed by atoms with Gasteiger partial charge in [-0.05, 0) is 24.3 Å². The molecular weight excluding hydrogens is 380 g/mol. The molecule has 0 fully saturated rings. The topological polar surface area (TPSA) is 90.2 Å². The molecule has 0 unspecified atom stereocenters. The van der Waals surface area contributed by atoms with Gasteiger partial charge in [0.25, 0.3) is 5.69 Å². The fourth-order valence-corrected chi connectivity index (χ4v) is 2.98. The molecule has 0 saturated carbocycles. The highest BCUT2D eigenvalue weighted by Crippen LogP contribution is 2.28. The fraction of sp³-hybridized carbons (Fsp3) is 0.0435. The summed E-state index contributed by atoms with van der Waals surface area (Å²) in [5.41, 5.74) is 3.21. The van der Waals surface area contributed by atoms with Crippen LogP contribution in [0.25, 0.3) is 22.6 Å². The van der Waals surface area contributed by atoms with Crippen molar-refractivity contribution in [2.45, 2.75) is 0 Å². The molecule has 7 heteroatoms. The third kappa shape index (κ3) is 4.25. The molecule has 0 spiro atoms. The van der Waals surface area contributed by atoms with Gasteiger partial charge in [0.2, 0.25) is 0 Å². The fourth-order valence-electron chi connectivity index (χ4n) is 2.98. The first-order valence-electron chi connectivity index (χ1n) is 9.23. The van der Waals surface area contributed by atoms with E-state index in [1.165, 1.54) is 12.1 Å². The van der Waals surface area contributed by atoms with Crippen molar-refractivity contribution in [2.75, 3.05) is 12.4 Å². The first-order valence-corrected chi connectivity index (χ1v) is 9.23. The average Bonchev–Trinajstić information content (AvgIpc) is 2.79. The van der Waals surface area contributed by atoms with E-state index in [-0.39, 0.29) is 5.69 Å². The smallest absolute Gasteiger partial charge is 0.269 e. The molecule has 3 aromatic carbocycles. The first kappa shape index (κ1) is 19.1. The van der Waals surface area contributed by atoms with Crippen molar-refractivity contribution in [1.29, 1.82) is 0 Å². The van der Waals surface area contributed by atoms with Crippen LogP contribution in [0.15, 0.2) is 84.9 Å². The lowest BCUT2D eigenvalue weighted by molar-refractivity contribution is -0.384. The Bertz CT molecular complexity index is 1180. The number of hydrogen-bond acceptors (Lipinski definition) is 6. The van der Waals surface area contributed by atoms with Crippen molar-refractivity contribution in [2.24, 2.45) is 0 Å². The maximum absolute atomic E-state index is 11.0. The second kappa shape index (κ2) is 8.40. The molecule has 0 aliphatic rings. The molecule has 30 heavy (non-hydrogen) atoms. The molecule has 7 nitrogen and oxygen atoms in total. The predicted octanol–water partition coefficient (Wildman–Crippen LogP) is 5.47.